The van der Waals surface area contributed by atoms with E-state index in [0.717, 1.165) is 28.2 Å². The van der Waals surface area contributed by atoms with E-state index < -0.39 is 0 Å². The lowest BCUT2D eigenvalue weighted by molar-refractivity contribution is 0.917. The first-order chi connectivity index (χ1) is 9.63. The highest BCUT2D eigenvalue weighted by Gasteiger charge is 2.27. The minimum atomic E-state index is 0.504. The lowest BCUT2D eigenvalue weighted by Gasteiger charge is -2.12. The van der Waals surface area contributed by atoms with Crippen LogP contribution in [0, 0.1) is 6.92 Å². The van der Waals surface area contributed by atoms with E-state index in [2.05, 4.69) is 43.3 Å². The number of hydrogen-bond acceptors (Lipinski definition) is 4. The Morgan fingerprint density at radius 2 is 2.15 bits per heavy atom. The van der Waals surface area contributed by atoms with Gasteiger partial charge in [-0.2, -0.15) is 0 Å². The van der Waals surface area contributed by atoms with Crippen LogP contribution in [0.15, 0.2) is 28.7 Å². The van der Waals surface area contributed by atoms with Gasteiger partial charge in [-0.15, -0.1) is 0 Å². The first kappa shape index (κ1) is 13.4. The number of anilines is 2. The lowest BCUT2D eigenvalue weighted by Crippen LogP contribution is -2.09. The van der Waals surface area contributed by atoms with Gasteiger partial charge in [-0.1, -0.05) is 28.1 Å². The molecule has 1 aromatic heterocycles. The topological polar surface area (TPSA) is 63.8 Å². The third-order valence-corrected chi connectivity index (χ3v) is 3.99. The highest BCUT2D eigenvalue weighted by Crippen LogP contribution is 2.39. The highest BCUT2D eigenvalue weighted by atomic mass is 79.9. The van der Waals surface area contributed by atoms with Crippen molar-refractivity contribution in [2.24, 2.45) is 0 Å². The molecule has 0 unspecified atom stereocenters. The molecule has 1 saturated carbocycles. The molecule has 1 fully saturated rings. The SMILES string of the molecule is Cc1c(N)nc(C2CC2)nc1NCc1cccc(Br)c1. The smallest absolute Gasteiger partial charge is 0.136 e. The van der Waals surface area contributed by atoms with Crippen LogP contribution in [0.4, 0.5) is 11.6 Å². The molecule has 0 spiro atoms. The van der Waals surface area contributed by atoms with Gasteiger partial charge < -0.3 is 11.1 Å². The van der Waals surface area contributed by atoms with Gasteiger partial charge in [0.05, 0.1) is 0 Å². The Balaban J connectivity index is 1.79. The number of nitrogens with two attached hydrogens (primary N) is 1. The summed E-state index contributed by atoms with van der Waals surface area (Å²) in [7, 11) is 0. The molecule has 0 saturated heterocycles. The van der Waals surface area contributed by atoms with Crippen molar-refractivity contribution in [1.29, 1.82) is 0 Å². The number of nitrogen functional groups attached to an aromatic ring is 1. The summed E-state index contributed by atoms with van der Waals surface area (Å²) in [6, 6.07) is 8.22. The van der Waals surface area contributed by atoms with E-state index in [1.165, 1.54) is 18.4 Å². The minimum Gasteiger partial charge on any atom is -0.383 e. The van der Waals surface area contributed by atoms with Crippen molar-refractivity contribution in [3.05, 3.63) is 45.7 Å². The molecule has 1 aliphatic carbocycles. The van der Waals surface area contributed by atoms with Crippen LogP contribution in [-0.4, -0.2) is 9.97 Å². The van der Waals surface area contributed by atoms with Gasteiger partial charge in [0.15, 0.2) is 0 Å². The molecule has 0 amide bonds. The van der Waals surface area contributed by atoms with Crippen LogP contribution in [0.2, 0.25) is 0 Å². The van der Waals surface area contributed by atoms with Crippen molar-refractivity contribution in [1.82, 2.24) is 9.97 Å². The largest absolute Gasteiger partial charge is 0.383 e. The van der Waals surface area contributed by atoms with Crippen molar-refractivity contribution in [3.63, 3.8) is 0 Å². The zero-order chi connectivity index (χ0) is 14.1. The highest BCUT2D eigenvalue weighted by molar-refractivity contribution is 9.10. The van der Waals surface area contributed by atoms with Crippen LogP contribution in [0.3, 0.4) is 0 Å². The van der Waals surface area contributed by atoms with Crippen LogP contribution in [0.1, 0.15) is 35.7 Å². The van der Waals surface area contributed by atoms with Crippen molar-refractivity contribution in [3.8, 4) is 0 Å². The van der Waals surface area contributed by atoms with Crippen LogP contribution in [0.5, 0.6) is 0 Å². The van der Waals surface area contributed by atoms with E-state index in [1.807, 2.05) is 19.1 Å². The first-order valence-electron chi connectivity index (χ1n) is 6.76. The zero-order valence-electron chi connectivity index (χ0n) is 11.4. The summed E-state index contributed by atoms with van der Waals surface area (Å²) in [5, 5.41) is 3.37. The van der Waals surface area contributed by atoms with E-state index >= 15 is 0 Å². The van der Waals surface area contributed by atoms with Gasteiger partial charge in [0.1, 0.15) is 17.5 Å². The fourth-order valence-electron chi connectivity index (χ4n) is 2.08. The van der Waals surface area contributed by atoms with Crippen molar-refractivity contribution in [2.75, 3.05) is 11.1 Å². The molecule has 4 nitrogen and oxygen atoms in total. The Hall–Kier alpha value is -1.62. The Bertz CT molecular complexity index is 638. The van der Waals surface area contributed by atoms with E-state index in [-0.39, 0.29) is 0 Å². The third kappa shape index (κ3) is 2.93. The maximum Gasteiger partial charge on any atom is 0.136 e. The van der Waals surface area contributed by atoms with Crippen LogP contribution in [-0.2, 0) is 6.54 Å². The molecule has 1 aliphatic rings. The molecular formula is C15H17BrN4. The minimum absolute atomic E-state index is 0.504. The summed E-state index contributed by atoms with van der Waals surface area (Å²) in [4.78, 5) is 9.00. The second kappa shape index (κ2) is 5.40. The Kier molecular flexibility index (Phi) is 3.61. The summed E-state index contributed by atoms with van der Waals surface area (Å²) in [5.41, 5.74) is 8.10. The first-order valence-corrected chi connectivity index (χ1v) is 7.55. The van der Waals surface area contributed by atoms with Gasteiger partial charge >= 0.3 is 0 Å². The Morgan fingerprint density at radius 1 is 1.35 bits per heavy atom. The maximum atomic E-state index is 5.98. The van der Waals surface area contributed by atoms with E-state index in [0.29, 0.717) is 11.7 Å². The Morgan fingerprint density at radius 3 is 2.85 bits per heavy atom. The molecule has 1 heterocycles. The molecular weight excluding hydrogens is 316 g/mol. The number of benzene rings is 1. The second-order valence-electron chi connectivity index (χ2n) is 5.20. The molecule has 5 heteroatoms. The predicted molar refractivity (Wildman–Crippen MR) is 84.6 cm³/mol. The van der Waals surface area contributed by atoms with Gasteiger partial charge in [0, 0.05) is 22.5 Å². The quantitative estimate of drug-likeness (QED) is 0.897. The molecule has 0 radical (unpaired) electrons. The van der Waals surface area contributed by atoms with Gasteiger partial charge in [-0.05, 0) is 37.5 Å². The molecule has 3 N–H and O–H groups in total. The summed E-state index contributed by atoms with van der Waals surface area (Å²) < 4.78 is 1.08. The number of aromatic nitrogens is 2. The molecule has 3 rings (SSSR count). The lowest BCUT2D eigenvalue weighted by atomic mass is 10.2. The molecule has 104 valence electrons. The Labute approximate surface area is 127 Å². The van der Waals surface area contributed by atoms with Crippen LogP contribution >= 0.6 is 15.9 Å². The van der Waals surface area contributed by atoms with E-state index in [9.17, 15) is 0 Å². The molecule has 2 aromatic rings. The van der Waals surface area contributed by atoms with Gasteiger partial charge in [-0.25, -0.2) is 9.97 Å². The number of nitrogens with one attached hydrogen (secondary N) is 1. The summed E-state index contributed by atoms with van der Waals surface area (Å²) in [6.45, 7) is 2.68. The van der Waals surface area contributed by atoms with E-state index in [1.54, 1.807) is 0 Å². The fraction of sp³-hybridized carbons (Fsp3) is 0.333. The standard InChI is InChI=1S/C15H17BrN4/c1-9-13(17)19-15(11-5-6-11)20-14(9)18-8-10-3-2-4-12(16)7-10/h2-4,7,11H,5-6,8H2,1H3,(H3,17,18,19,20). The molecule has 1 aromatic carbocycles. The average Bonchev–Trinajstić information content (AvgIpc) is 3.25. The number of nitrogens with zero attached hydrogens (tertiary/aromatic N) is 2. The van der Waals surface area contributed by atoms with E-state index in [4.69, 9.17) is 5.73 Å². The van der Waals surface area contributed by atoms with Crippen LogP contribution in [0.25, 0.3) is 0 Å². The molecule has 0 bridgehead atoms. The van der Waals surface area contributed by atoms with Crippen LogP contribution < -0.4 is 11.1 Å². The van der Waals surface area contributed by atoms with Gasteiger partial charge in [-0.3, -0.25) is 0 Å². The van der Waals surface area contributed by atoms with Crippen molar-refractivity contribution >= 4 is 27.6 Å². The summed E-state index contributed by atoms with van der Waals surface area (Å²) >= 11 is 3.48. The number of rotatable bonds is 4. The van der Waals surface area contributed by atoms with Crippen molar-refractivity contribution < 1.29 is 0 Å². The molecule has 0 atom stereocenters. The predicted octanol–water partition coefficient (Wildman–Crippen LogP) is 3.62. The second-order valence-corrected chi connectivity index (χ2v) is 6.11. The molecule has 20 heavy (non-hydrogen) atoms. The summed E-state index contributed by atoms with van der Waals surface area (Å²) in [6.07, 6.45) is 2.35. The molecule has 0 aliphatic heterocycles. The van der Waals surface area contributed by atoms with Gasteiger partial charge in [0.2, 0.25) is 0 Å². The average molecular weight is 333 g/mol. The monoisotopic (exact) mass is 332 g/mol. The fourth-order valence-corrected chi connectivity index (χ4v) is 2.53. The number of hydrogen-bond donors (Lipinski definition) is 2. The van der Waals surface area contributed by atoms with Gasteiger partial charge in [0.25, 0.3) is 0 Å². The summed E-state index contributed by atoms with van der Waals surface area (Å²) in [5.74, 6) is 2.81. The zero-order valence-corrected chi connectivity index (χ0v) is 12.9. The third-order valence-electron chi connectivity index (χ3n) is 3.49. The normalized spacial score (nSPS) is 14.3. The number of halogens is 1. The van der Waals surface area contributed by atoms with Crippen molar-refractivity contribution in [2.45, 2.75) is 32.2 Å². The maximum absolute atomic E-state index is 5.98.